The second kappa shape index (κ2) is 3.95. The van der Waals surface area contributed by atoms with Crippen molar-refractivity contribution in [3.63, 3.8) is 0 Å². The molecule has 1 rings (SSSR count). The predicted molar refractivity (Wildman–Crippen MR) is 53.3 cm³/mol. The Hall–Kier alpha value is -1.25. The quantitative estimate of drug-likeness (QED) is 0.565. The molecule has 0 atom stereocenters. The van der Waals surface area contributed by atoms with Crippen LogP contribution >= 0.6 is 0 Å². The molecule has 1 heterocycles. The number of amidine groups is 1. The summed E-state index contributed by atoms with van der Waals surface area (Å²) in [7, 11) is 0. The van der Waals surface area contributed by atoms with Gasteiger partial charge in [0.25, 0.3) is 0 Å². The zero-order valence-electron chi connectivity index (χ0n) is 7.70. The van der Waals surface area contributed by atoms with E-state index in [0.717, 1.165) is 23.8 Å². The Morgan fingerprint density at radius 2 is 2.33 bits per heavy atom. The van der Waals surface area contributed by atoms with Gasteiger partial charge in [-0.05, 0) is 20.8 Å². The highest BCUT2D eigenvalue weighted by Gasteiger charge is 2.06. The van der Waals surface area contributed by atoms with E-state index >= 15 is 0 Å². The molecule has 1 aliphatic rings. The molecule has 0 aliphatic carbocycles. The van der Waals surface area contributed by atoms with Gasteiger partial charge < -0.3 is 0 Å². The lowest BCUT2D eigenvalue weighted by molar-refractivity contribution is 1.11. The van der Waals surface area contributed by atoms with Crippen LogP contribution in [0.1, 0.15) is 20.8 Å². The Morgan fingerprint density at radius 3 is 2.92 bits per heavy atom. The van der Waals surface area contributed by atoms with Crippen LogP contribution in [-0.4, -0.2) is 24.3 Å². The summed E-state index contributed by atoms with van der Waals surface area (Å²) in [5.74, 6) is 0.741. The highest BCUT2D eigenvalue weighted by atomic mass is 15.0. The molecule has 0 amide bonds. The molecule has 0 aromatic rings. The molecule has 0 saturated carbocycles. The maximum absolute atomic E-state index is 4.30. The summed E-state index contributed by atoms with van der Waals surface area (Å²) in [5, 5.41) is 0. The summed E-state index contributed by atoms with van der Waals surface area (Å²) in [4.78, 5) is 12.7. The third-order valence-corrected chi connectivity index (χ3v) is 1.48. The Labute approximate surface area is 72.6 Å². The van der Waals surface area contributed by atoms with Gasteiger partial charge in [0.2, 0.25) is 0 Å². The first kappa shape index (κ1) is 8.84. The summed E-state index contributed by atoms with van der Waals surface area (Å²) in [6.45, 7) is 6.60. The normalized spacial score (nSPS) is 23.4. The van der Waals surface area contributed by atoms with E-state index in [-0.39, 0.29) is 0 Å². The number of allylic oxidation sites excluding steroid dienone is 1. The van der Waals surface area contributed by atoms with Crippen LogP contribution in [0.4, 0.5) is 0 Å². The summed E-state index contributed by atoms with van der Waals surface area (Å²) in [6, 6.07) is 0. The molecule has 0 spiro atoms. The van der Waals surface area contributed by atoms with Crippen molar-refractivity contribution in [1.82, 2.24) is 0 Å². The van der Waals surface area contributed by atoms with Crippen LogP contribution in [-0.2, 0) is 0 Å². The molecule has 64 valence electrons. The third kappa shape index (κ3) is 1.87. The van der Waals surface area contributed by atoms with Crippen LogP contribution in [0.2, 0.25) is 0 Å². The molecule has 0 N–H and O–H groups in total. The van der Waals surface area contributed by atoms with Gasteiger partial charge in [-0.3, -0.25) is 4.99 Å². The van der Waals surface area contributed by atoms with Gasteiger partial charge in [0, 0.05) is 6.54 Å². The fourth-order valence-electron chi connectivity index (χ4n) is 0.955. The predicted octanol–water partition coefficient (Wildman–Crippen LogP) is 1.85. The van der Waals surface area contributed by atoms with Crippen molar-refractivity contribution in [2.45, 2.75) is 20.8 Å². The molecule has 0 saturated heterocycles. The minimum absolute atomic E-state index is 0.741. The van der Waals surface area contributed by atoms with Crippen molar-refractivity contribution >= 4 is 17.8 Å². The van der Waals surface area contributed by atoms with E-state index in [1.165, 1.54) is 0 Å². The number of nitrogens with zero attached hydrogens (tertiary/aromatic N) is 3. The second-order valence-electron chi connectivity index (χ2n) is 2.48. The standard InChI is InChI=1S/C9H13N3/c1-4-8-9(10-5-2)11-6-7(3)12-8/h4,6H,5H2,1-3H3/b8-4+,10-9?. The van der Waals surface area contributed by atoms with Crippen molar-refractivity contribution in [3.8, 4) is 0 Å². The average Bonchev–Trinajstić information content (AvgIpc) is 2.08. The topological polar surface area (TPSA) is 37.1 Å². The fourth-order valence-corrected chi connectivity index (χ4v) is 0.955. The molecule has 3 nitrogen and oxygen atoms in total. The SMILES string of the molecule is C/C=C1/N=C(C)C=NC1=NCC. The van der Waals surface area contributed by atoms with Crippen LogP contribution in [0.3, 0.4) is 0 Å². The van der Waals surface area contributed by atoms with Crippen LogP contribution in [0.5, 0.6) is 0 Å². The van der Waals surface area contributed by atoms with Crippen molar-refractivity contribution in [3.05, 3.63) is 11.8 Å². The molecule has 0 fully saturated rings. The summed E-state index contributed by atoms with van der Waals surface area (Å²) in [6.07, 6.45) is 3.66. The lowest BCUT2D eigenvalue weighted by atomic mass is 10.3. The van der Waals surface area contributed by atoms with E-state index in [9.17, 15) is 0 Å². The Balaban J connectivity index is 2.96. The van der Waals surface area contributed by atoms with E-state index in [1.807, 2.05) is 26.8 Å². The zero-order chi connectivity index (χ0) is 8.97. The molecular formula is C9H13N3. The van der Waals surface area contributed by atoms with Crippen molar-refractivity contribution in [2.75, 3.05) is 6.54 Å². The van der Waals surface area contributed by atoms with Gasteiger partial charge in [0.15, 0.2) is 5.84 Å². The molecular weight excluding hydrogens is 150 g/mol. The highest BCUT2D eigenvalue weighted by Crippen LogP contribution is 2.06. The minimum atomic E-state index is 0.741. The van der Waals surface area contributed by atoms with Crippen molar-refractivity contribution in [2.24, 2.45) is 15.0 Å². The van der Waals surface area contributed by atoms with Gasteiger partial charge in [0.1, 0.15) is 5.70 Å². The van der Waals surface area contributed by atoms with Crippen LogP contribution in [0, 0.1) is 0 Å². The summed E-state index contributed by atoms with van der Waals surface area (Å²) >= 11 is 0. The Bertz CT molecular complexity index is 282. The first-order valence-corrected chi connectivity index (χ1v) is 4.08. The highest BCUT2D eigenvalue weighted by molar-refractivity contribution is 6.34. The first-order chi connectivity index (χ1) is 5.77. The molecule has 0 aromatic heterocycles. The van der Waals surface area contributed by atoms with E-state index in [2.05, 4.69) is 15.0 Å². The molecule has 0 aromatic carbocycles. The van der Waals surface area contributed by atoms with E-state index in [1.54, 1.807) is 6.21 Å². The van der Waals surface area contributed by atoms with E-state index in [4.69, 9.17) is 0 Å². The average molecular weight is 163 g/mol. The monoisotopic (exact) mass is 163 g/mol. The minimum Gasteiger partial charge on any atom is -0.265 e. The number of rotatable bonds is 1. The smallest absolute Gasteiger partial charge is 0.173 e. The van der Waals surface area contributed by atoms with Crippen LogP contribution in [0.15, 0.2) is 26.8 Å². The largest absolute Gasteiger partial charge is 0.265 e. The molecule has 12 heavy (non-hydrogen) atoms. The van der Waals surface area contributed by atoms with Gasteiger partial charge in [0.05, 0.1) is 11.9 Å². The van der Waals surface area contributed by atoms with Gasteiger partial charge in [-0.25, -0.2) is 9.98 Å². The van der Waals surface area contributed by atoms with Gasteiger partial charge >= 0.3 is 0 Å². The van der Waals surface area contributed by atoms with Crippen LogP contribution in [0.25, 0.3) is 0 Å². The maximum Gasteiger partial charge on any atom is 0.173 e. The Morgan fingerprint density at radius 1 is 1.58 bits per heavy atom. The lowest BCUT2D eigenvalue weighted by Gasteiger charge is -2.06. The maximum atomic E-state index is 4.30. The number of hydrogen-bond donors (Lipinski definition) is 0. The summed E-state index contributed by atoms with van der Waals surface area (Å²) < 4.78 is 0. The van der Waals surface area contributed by atoms with E-state index in [0.29, 0.717) is 0 Å². The Kier molecular flexibility index (Phi) is 2.91. The third-order valence-electron chi connectivity index (χ3n) is 1.48. The molecule has 3 heteroatoms. The lowest BCUT2D eigenvalue weighted by Crippen LogP contribution is -2.09. The number of hydrogen-bond acceptors (Lipinski definition) is 2. The van der Waals surface area contributed by atoms with Crippen LogP contribution < -0.4 is 0 Å². The van der Waals surface area contributed by atoms with E-state index < -0.39 is 0 Å². The number of aliphatic imine (C=N–C) groups is 3. The van der Waals surface area contributed by atoms with Gasteiger partial charge in [-0.2, -0.15) is 0 Å². The fraction of sp³-hybridized carbons (Fsp3) is 0.444. The molecule has 0 bridgehead atoms. The second-order valence-corrected chi connectivity index (χ2v) is 2.48. The van der Waals surface area contributed by atoms with Crippen molar-refractivity contribution < 1.29 is 0 Å². The summed E-state index contributed by atoms with van der Waals surface area (Å²) in [5.41, 5.74) is 1.80. The molecule has 0 radical (unpaired) electrons. The van der Waals surface area contributed by atoms with Gasteiger partial charge in [-0.15, -0.1) is 0 Å². The van der Waals surface area contributed by atoms with Gasteiger partial charge in [-0.1, -0.05) is 6.08 Å². The molecule has 1 aliphatic heterocycles. The zero-order valence-corrected chi connectivity index (χ0v) is 7.70. The first-order valence-electron chi connectivity index (χ1n) is 4.08. The molecule has 0 unspecified atom stereocenters. The van der Waals surface area contributed by atoms with Crippen molar-refractivity contribution in [1.29, 1.82) is 0 Å².